The Morgan fingerprint density at radius 2 is 1.61 bits per heavy atom. The van der Waals surface area contributed by atoms with Crippen LogP contribution in [0.5, 0.6) is 0 Å². The molecule has 110 valence electrons. The summed E-state index contributed by atoms with van der Waals surface area (Å²) in [6.07, 6.45) is -4.01. The quantitative estimate of drug-likeness (QED) is 0.420. The van der Waals surface area contributed by atoms with Crippen molar-refractivity contribution in [2.75, 3.05) is 25.6 Å². The van der Waals surface area contributed by atoms with E-state index >= 15 is 0 Å². The van der Waals surface area contributed by atoms with Gasteiger partial charge in [0.05, 0.1) is 25.9 Å². The molecule has 0 spiro atoms. The first-order valence-electron chi connectivity index (χ1n) is 5.58. The van der Waals surface area contributed by atoms with Crippen LogP contribution in [0, 0.1) is 0 Å². The Balaban J connectivity index is 4.30. The van der Waals surface area contributed by atoms with E-state index < -0.39 is 30.6 Å². The molecule has 0 aromatic carbocycles. The average Bonchev–Trinajstić information content (AvgIpc) is 2.34. The maximum atomic E-state index is 9.64. The summed E-state index contributed by atoms with van der Waals surface area (Å²) in [5, 5.41) is 36.9. The second kappa shape index (κ2) is 9.63. The fraction of sp³-hybridized carbons (Fsp3) is 1.00. The van der Waals surface area contributed by atoms with E-state index in [0.29, 0.717) is 13.2 Å². The Kier molecular flexibility index (Phi) is 10.0. The molecule has 4 N–H and O–H groups in total. The van der Waals surface area contributed by atoms with Crippen LogP contribution in [-0.4, -0.2) is 64.3 Å². The first-order chi connectivity index (χ1) is 8.40. The van der Waals surface area contributed by atoms with Crippen LogP contribution in [0.1, 0.15) is 13.8 Å². The largest absolute Gasteiger partial charge is 0.394 e. The smallest absolute Gasteiger partial charge is 0.247 e. The van der Waals surface area contributed by atoms with E-state index in [1.54, 1.807) is 13.8 Å². The summed E-state index contributed by atoms with van der Waals surface area (Å²) in [5.74, 6) is 0.0650. The monoisotopic (exact) mass is 320 g/mol. The van der Waals surface area contributed by atoms with E-state index in [0.717, 1.165) is 11.4 Å². The molecular weight excluding hydrogens is 299 g/mol. The highest BCUT2D eigenvalue weighted by Crippen LogP contribution is 2.61. The van der Waals surface area contributed by atoms with Crippen LogP contribution in [0.4, 0.5) is 0 Å². The second-order valence-corrected chi connectivity index (χ2v) is 9.74. The number of hydrogen-bond acceptors (Lipinski definition) is 8. The van der Waals surface area contributed by atoms with Crippen LogP contribution in [0.2, 0.25) is 0 Å². The van der Waals surface area contributed by atoms with Crippen molar-refractivity contribution in [2.24, 2.45) is 0 Å². The van der Waals surface area contributed by atoms with Crippen molar-refractivity contribution in [3.05, 3.63) is 0 Å². The van der Waals surface area contributed by atoms with Crippen LogP contribution in [0.25, 0.3) is 0 Å². The van der Waals surface area contributed by atoms with Gasteiger partial charge in [-0.25, -0.2) is 0 Å². The maximum Gasteiger partial charge on any atom is 0.247 e. The van der Waals surface area contributed by atoms with Gasteiger partial charge in [0.2, 0.25) is 5.69 Å². The lowest BCUT2D eigenvalue weighted by molar-refractivity contribution is -0.0683. The van der Waals surface area contributed by atoms with Crippen LogP contribution in [-0.2, 0) is 20.9 Å². The molecule has 0 amide bonds. The third kappa shape index (κ3) is 6.79. The van der Waals surface area contributed by atoms with Gasteiger partial charge in [0.25, 0.3) is 0 Å². The van der Waals surface area contributed by atoms with Gasteiger partial charge in [0.15, 0.2) is 0 Å². The SMILES string of the molecule is CCOP(=S)(OCC)SC[C@@H](O)[C@H](O)[C@@H](O)CO. The summed E-state index contributed by atoms with van der Waals surface area (Å²) in [4.78, 5) is 0. The van der Waals surface area contributed by atoms with Crippen molar-refractivity contribution in [2.45, 2.75) is 32.2 Å². The standard InChI is InChI=1S/C9H21O6PS2/c1-3-14-16(17,15-4-2)18-6-8(12)9(13)7(11)5-10/h7-13H,3-6H2,1-2H3/t7-,8+,9+/m0/s1. The molecule has 0 aromatic rings. The van der Waals surface area contributed by atoms with E-state index in [-0.39, 0.29) is 5.75 Å². The number of aliphatic hydroxyl groups excluding tert-OH is 4. The van der Waals surface area contributed by atoms with E-state index in [2.05, 4.69) is 0 Å². The van der Waals surface area contributed by atoms with Crippen LogP contribution in [0.15, 0.2) is 0 Å². The zero-order valence-corrected chi connectivity index (χ0v) is 13.0. The van der Waals surface area contributed by atoms with E-state index in [1.807, 2.05) is 0 Å². The minimum absolute atomic E-state index is 0.0650. The van der Waals surface area contributed by atoms with Gasteiger partial charge in [-0.3, -0.25) is 0 Å². The van der Waals surface area contributed by atoms with Gasteiger partial charge in [-0.1, -0.05) is 11.4 Å². The molecule has 6 nitrogen and oxygen atoms in total. The summed E-state index contributed by atoms with van der Waals surface area (Å²) in [7, 11) is 0. The zero-order chi connectivity index (χ0) is 14.2. The second-order valence-electron chi connectivity index (χ2n) is 3.39. The first kappa shape index (κ1) is 18.8. The molecule has 0 unspecified atom stereocenters. The summed E-state index contributed by atoms with van der Waals surface area (Å²) in [6.45, 7) is 3.78. The Bertz CT molecular complexity index is 257. The molecule has 0 radical (unpaired) electrons. The summed E-state index contributed by atoms with van der Waals surface area (Å²) >= 11 is 6.34. The zero-order valence-electron chi connectivity index (χ0n) is 10.4. The molecule has 3 atom stereocenters. The summed E-state index contributed by atoms with van der Waals surface area (Å²) in [5.41, 5.74) is -2.52. The average molecular weight is 320 g/mol. The van der Waals surface area contributed by atoms with Gasteiger partial charge in [-0.15, -0.1) is 0 Å². The Labute approximate surface area is 116 Å². The fourth-order valence-corrected chi connectivity index (χ4v) is 5.71. The van der Waals surface area contributed by atoms with Gasteiger partial charge in [0.1, 0.15) is 12.2 Å². The minimum Gasteiger partial charge on any atom is -0.394 e. The molecule has 0 saturated heterocycles. The van der Waals surface area contributed by atoms with Gasteiger partial charge >= 0.3 is 0 Å². The van der Waals surface area contributed by atoms with Gasteiger partial charge in [-0.05, 0) is 25.7 Å². The third-order valence-corrected chi connectivity index (χ3v) is 7.52. The van der Waals surface area contributed by atoms with E-state index in [1.165, 1.54) is 0 Å². The Hall–Kier alpha value is 0.760. The molecule has 0 aliphatic heterocycles. The molecule has 18 heavy (non-hydrogen) atoms. The maximum absolute atomic E-state index is 9.64. The highest BCUT2D eigenvalue weighted by atomic mass is 32.9. The topological polar surface area (TPSA) is 99.4 Å². The molecule has 0 aliphatic carbocycles. The van der Waals surface area contributed by atoms with Gasteiger partial charge < -0.3 is 29.5 Å². The Morgan fingerprint density at radius 1 is 1.11 bits per heavy atom. The Morgan fingerprint density at radius 3 is 2.00 bits per heavy atom. The fourth-order valence-electron chi connectivity index (χ4n) is 1.06. The van der Waals surface area contributed by atoms with Crippen molar-refractivity contribution >= 4 is 28.9 Å². The highest BCUT2D eigenvalue weighted by Gasteiger charge is 2.27. The summed E-state index contributed by atoms with van der Waals surface area (Å²) < 4.78 is 10.7. The normalized spacial score (nSPS) is 17.4. The third-order valence-electron chi connectivity index (χ3n) is 1.95. The predicted octanol–water partition coefficient (Wildman–Crippen LogP) is 0.0921. The van der Waals surface area contributed by atoms with Crippen LogP contribution >= 0.6 is 17.1 Å². The van der Waals surface area contributed by atoms with Crippen molar-refractivity contribution < 1.29 is 29.5 Å². The summed E-state index contributed by atoms with van der Waals surface area (Å²) in [6, 6.07) is 0. The lowest BCUT2D eigenvalue weighted by Gasteiger charge is -2.24. The lowest BCUT2D eigenvalue weighted by Crippen LogP contribution is -2.40. The minimum atomic E-state index is -2.52. The number of hydrogen-bond donors (Lipinski definition) is 4. The number of rotatable bonds is 10. The molecular formula is C9H21O6PS2. The molecule has 0 fully saturated rings. The molecule has 0 bridgehead atoms. The van der Waals surface area contributed by atoms with Crippen LogP contribution < -0.4 is 0 Å². The molecule has 9 heteroatoms. The lowest BCUT2D eigenvalue weighted by atomic mass is 10.1. The van der Waals surface area contributed by atoms with E-state index in [9.17, 15) is 15.3 Å². The predicted molar refractivity (Wildman–Crippen MR) is 75.1 cm³/mol. The number of aliphatic hydroxyl groups is 4. The molecule has 0 saturated carbocycles. The molecule has 0 aliphatic rings. The van der Waals surface area contributed by atoms with Crippen molar-refractivity contribution in [1.82, 2.24) is 0 Å². The van der Waals surface area contributed by atoms with Gasteiger partial charge in [-0.2, -0.15) is 0 Å². The van der Waals surface area contributed by atoms with Crippen LogP contribution in [0.3, 0.4) is 0 Å². The van der Waals surface area contributed by atoms with Crippen molar-refractivity contribution in [1.29, 1.82) is 0 Å². The molecule has 0 aromatic heterocycles. The first-order valence-corrected chi connectivity index (χ1v) is 9.81. The highest BCUT2D eigenvalue weighted by molar-refractivity contribution is 8.67. The van der Waals surface area contributed by atoms with Gasteiger partial charge in [0, 0.05) is 5.75 Å². The molecule has 0 rings (SSSR count). The van der Waals surface area contributed by atoms with E-state index in [4.69, 9.17) is 26.0 Å². The van der Waals surface area contributed by atoms with Crippen molar-refractivity contribution in [3.8, 4) is 0 Å². The van der Waals surface area contributed by atoms with Crippen molar-refractivity contribution in [3.63, 3.8) is 0 Å². The molecule has 0 heterocycles.